The maximum Gasteiger partial charge on any atom is 0.229 e. The first-order chi connectivity index (χ1) is 14.3. The zero-order valence-corrected chi connectivity index (χ0v) is 19.1. The van der Waals surface area contributed by atoms with Crippen LogP contribution in [0.5, 0.6) is 0 Å². The van der Waals surface area contributed by atoms with Crippen LogP contribution in [0.2, 0.25) is 5.02 Å². The van der Waals surface area contributed by atoms with Crippen molar-refractivity contribution in [3.05, 3.63) is 53.1 Å². The van der Waals surface area contributed by atoms with Gasteiger partial charge in [-0.15, -0.1) is 11.8 Å². The Bertz CT molecular complexity index is 1010. The van der Waals surface area contributed by atoms with Crippen LogP contribution in [0.1, 0.15) is 12.8 Å². The minimum Gasteiger partial charge on any atom is -0.309 e. The highest BCUT2D eigenvalue weighted by atomic mass is 35.5. The van der Waals surface area contributed by atoms with Crippen molar-refractivity contribution < 1.29 is 13.6 Å². The van der Waals surface area contributed by atoms with Crippen LogP contribution in [0.25, 0.3) is 10.2 Å². The Balaban J connectivity index is 1.73. The fraction of sp³-hybridized carbons (Fsp3) is 0.333. The number of benzene rings is 2. The Morgan fingerprint density at radius 3 is 2.60 bits per heavy atom. The number of thiazole rings is 1. The molecule has 1 heterocycles. The van der Waals surface area contributed by atoms with Crippen molar-refractivity contribution in [2.45, 2.75) is 17.7 Å². The van der Waals surface area contributed by atoms with Gasteiger partial charge in [-0.3, -0.25) is 9.69 Å². The molecule has 9 heteroatoms. The van der Waals surface area contributed by atoms with E-state index in [-0.39, 0.29) is 11.4 Å². The van der Waals surface area contributed by atoms with Gasteiger partial charge in [0.15, 0.2) is 10.9 Å². The Hall–Kier alpha value is -1.74. The molecule has 1 amide bonds. The van der Waals surface area contributed by atoms with Crippen LogP contribution in [0.4, 0.5) is 13.9 Å². The van der Waals surface area contributed by atoms with Crippen LogP contribution in [-0.4, -0.2) is 48.7 Å². The number of thioether (sulfide) groups is 1. The second-order valence-corrected chi connectivity index (χ2v) is 9.60. The van der Waals surface area contributed by atoms with Crippen molar-refractivity contribution >= 4 is 56.0 Å². The fourth-order valence-electron chi connectivity index (χ4n) is 2.85. The summed E-state index contributed by atoms with van der Waals surface area (Å²) in [6.07, 6.45) is 1.05. The molecule has 0 saturated heterocycles. The van der Waals surface area contributed by atoms with E-state index in [0.717, 1.165) is 35.3 Å². The minimum absolute atomic E-state index is 0.0878. The van der Waals surface area contributed by atoms with Crippen molar-refractivity contribution in [2.75, 3.05) is 37.8 Å². The number of hydrogen-bond donors (Lipinski definition) is 0. The maximum absolute atomic E-state index is 14.1. The van der Waals surface area contributed by atoms with Crippen LogP contribution < -0.4 is 4.90 Å². The third kappa shape index (κ3) is 6.14. The largest absolute Gasteiger partial charge is 0.309 e. The lowest BCUT2D eigenvalue weighted by atomic mass is 10.3. The van der Waals surface area contributed by atoms with Crippen LogP contribution in [0, 0.1) is 11.6 Å². The monoisotopic (exact) mass is 469 g/mol. The average molecular weight is 470 g/mol. The van der Waals surface area contributed by atoms with Crippen LogP contribution >= 0.6 is 34.7 Å². The van der Waals surface area contributed by atoms with E-state index >= 15 is 0 Å². The molecule has 0 N–H and O–H groups in total. The third-order valence-corrected chi connectivity index (χ3v) is 6.61. The first-order valence-electron chi connectivity index (χ1n) is 9.42. The second kappa shape index (κ2) is 10.5. The first-order valence-corrected chi connectivity index (χ1v) is 11.6. The zero-order chi connectivity index (χ0) is 21.7. The SMILES string of the molecule is CN(C)CCCN(C(=O)CCSc1ccc(Cl)cc1)c1nc2c(F)cc(F)cc2s1. The molecule has 0 unspecified atom stereocenters. The summed E-state index contributed by atoms with van der Waals surface area (Å²) in [4.78, 5) is 21.9. The molecule has 0 aliphatic heterocycles. The van der Waals surface area contributed by atoms with E-state index in [2.05, 4.69) is 4.98 Å². The number of anilines is 1. The summed E-state index contributed by atoms with van der Waals surface area (Å²) in [5.74, 6) is -0.861. The van der Waals surface area contributed by atoms with Gasteiger partial charge in [0.2, 0.25) is 5.91 Å². The molecular weight excluding hydrogens is 448 g/mol. The van der Waals surface area contributed by atoms with E-state index < -0.39 is 11.6 Å². The summed E-state index contributed by atoms with van der Waals surface area (Å²) < 4.78 is 28.0. The van der Waals surface area contributed by atoms with Gasteiger partial charge in [-0.1, -0.05) is 22.9 Å². The minimum atomic E-state index is -0.716. The highest BCUT2D eigenvalue weighted by Gasteiger charge is 2.21. The Kier molecular flexibility index (Phi) is 8.05. The number of nitrogens with zero attached hydrogens (tertiary/aromatic N) is 3. The lowest BCUT2D eigenvalue weighted by Crippen LogP contribution is -2.33. The van der Waals surface area contributed by atoms with E-state index in [4.69, 9.17) is 11.6 Å². The standard InChI is InChI=1S/C21H22ClF2N3OS2/c1-26(2)9-3-10-27(19(28)8-11-29-16-6-4-14(22)5-7-16)21-25-20-17(24)12-15(23)13-18(20)30-21/h4-7,12-13H,3,8-11H2,1-2H3. The number of halogens is 3. The smallest absolute Gasteiger partial charge is 0.229 e. The van der Waals surface area contributed by atoms with Gasteiger partial charge in [0.1, 0.15) is 11.3 Å². The van der Waals surface area contributed by atoms with Crippen LogP contribution in [-0.2, 0) is 4.79 Å². The van der Waals surface area contributed by atoms with E-state index in [1.54, 1.807) is 16.7 Å². The molecule has 0 spiro atoms. The summed E-state index contributed by atoms with van der Waals surface area (Å²) in [6.45, 7) is 1.27. The van der Waals surface area contributed by atoms with Crippen molar-refractivity contribution in [1.82, 2.24) is 9.88 Å². The number of amides is 1. The topological polar surface area (TPSA) is 36.4 Å². The van der Waals surface area contributed by atoms with Crippen molar-refractivity contribution in [1.29, 1.82) is 0 Å². The van der Waals surface area contributed by atoms with Gasteiger partial charge in [0, 0.05) is 34.7 Å². The van der Waals surface area contributed by atoms with Crippen molar-refractivity contribution in [3.8, 4) is 0 Å². The molecule has 3 aromatic rings. The van der Waals surface area contributed by atoms with Gasteiger partial charge in [-0.2, -0.15) is 0 Å². The van der Waals surface area contributed by atoms with Gasteiger partial charge in [0.05, 0.1) is 4.70 Å². The molecule has 0 aliphatic carbocycles. The number of carbonyl (C=O) groups is 1. The molecule has 3 rings (SSSR count). The predicted octanol–water partition coefficient (Wildman–Crippen LogP) is 5.70. The lowest BCUT2D eigenvalue weighted by Gasteiger charge is -2.21. The van der Waals surface area contributed by atoms with Gasteiger partial charge in [0.25, 0.3) is 0 Å². The van der Waals surface area contributed by atoms with E-state index in [0.29, 0.717) is 33.6 Å². The zero-order valence-electron chi connectivity index (χ0n) is 16.7. The summed E-state index contributed by atoms with van der Waals surface area (Å²) in [5, 5.41) is 1.07. The number of carbonyl (C=O) groups excluding carboxylic acids is 1. The van der Waals surface area contributed by atoms with Crippen molar-refractivity contribution in [3.63, 3.8) is 0 Å². The number of hydrogen-bond acceptors (Lipinski definition) is 5. The Morgan fingerprint density at radius 2 is 1.90 bits per heavy atom. The molecule has 0 saturated carbocycles. The van der Waals surface area contributed by atoms with Crippen LogP contribution in [0.3, 0.4) is 0 Å². The molecule has 160 valence electrons. The van der Waals surface area contributed by atoms with E-state index in [1.165, 1.54) is 6.07 Å². The quantitative estimate of drug-likeness (QED) is 0.377. The highest BCUT2D eigenvalue weighted by Crippen LogP contribution is 2.32. The molecule has 0 fully saturated rings. The second-order valence-electron chi connectivity index (χ2n) is 6.99. The molecule has 30 heavy (non-hydrogen) atoms. The van der Waals surface area contributed by atoms with Gasteiger partial charge >= 0.3 is 0 Å². The predicted molar refractivity (Wildman–Crippen MR) is 122 cm³/mol. The molecular formula is C21H22ClF2N3OS2. The van der Waals surface area contributed by atoms with E-state index in [1.807, 2.05) is 43.3 Å². The molecule has 0 bridgehead atoms. The Morgan fingerprint density at radius 1 is 1.17 bits per heavy atom. The first kappa shape index (κ1) is 22.9. The third-order valence-electron chi connectivity index (χ3n) is 4.32. The molecule has 0 radical (unpaired) electrons. The maximum atomic E-state index is 14.1. The normalized spacial score (nSPS) is 11.4. The van der Waals surface area contributed by atoms with Crippen LogP contribution in [0.15, 0.2) is 41.3 Å². The average Bonchev–Trinajstić information content (AvgIpc) is 3.10. The summed E-state index contributed by atoms with van der Waals surface area (Å²) >= 11 is 8.60. The summed E-state index contributed by atoms with van der Waals surface area (Å²) in [6, 6.07) is 9.52. The summed E-state index contributed by atoms with van der Waals surface area (Å²) in [7, 11) is 3.93. The fourth-order valence-corrected chi connectivity index (χ4v) is 4.87. The molecule has 0 atom stereocenters. The number of rotatable bonds is 9. The lowest BCUT2D eigenvalue weighted by molar-refractivity contribution is -0.118. The van der Waals surface area contributed by atoms with Gasteiger partial charge in [-0.25, -0.2) is 13.8 Å². The molecule has 0 aliphatic rings. The van der Waals surface area contributed by atoms with Gasteiger partial charge < -0.3 is 4.90 Å². The number of fused-ring (bicyclic) bond motifs is 1. The van der Waals surface area contributed by atoms with Gasteiger partial charge in [-0.05, 0) is 57.4 Å². The molecule has 1 aromatic heterocycles. The molecule has 4 nitrogen and oxygen atoms in total. The summed E-state index contributed by atoms with van der Waals surface area (Å²) in [5.41, 5.74) is 0.0948. The number of aromatic nitrogens is 1. The van der Waals surface area contributed by atoms with Crippen molar-refractivity contribution in [2.24, 2.45) is 0 Å². The highest BCUT2D eigenvalue weighted by molar-refractivity contribution is 7.99. The van der Waals surface area contributed by atoms with E-state index in [9.17, 15) is 13.6 Å². The molecule has 2 aromatic carbocycles. The Labute approximate surface area is 187 Å².